The van der Waals surface area contributed by atoms with Crippen molar-refractivity contribution in [2.24, 2.45) is 0 Å². The highest BCUT2D eigenvalue weighted by Crippen LogP contribution is 2.18. The zero-order valence-corrected chi connectivity index (χ0v) is 11.6. The molecule has 0 aromatic heterocycles. The van der Waals surface area contributed by atoms with Crippen molar-refractivity contribution in [3.63, 3.8) is 0 Å². The molecule has 0 aliphatic carbocycles. The third-order valence-corrected chi connectivity index (χ3v) is 2.77. The van der Waals surface area contributed by atoms with Crippen LogP contribution in [0.3, 0.4) is 0 Å². The van der Waals surface area contributed by atoms with Gasteiger partial charge >= 0.3 is 6.09 Å². The summed E-state index contributed by atoms with van der Waals surface area (Å²) in [4.78, 5) is 33.0. The fraction of sp³-hybridized carbons (Fsp3) is 0.0667. The van der Waals surface area contributed by atoms with Gasteiger partial charge in [-0.3, -0.25) is 20.2 Å². The number of ether oxygens (including phenoxy) is 1. The predicted octanol–water partition coefficient (Wildman–Crippen LogP) is 3.41. The molecule has 0 saturated heterocycles. The van der Waals surface area contributed by atoms with Crippen LogP contribution in [-0.4, -0.2) is 16.8 Å². The first-order chi connectivity index (χ1) is 10.5. The molecule has 0 bridgehead atoms. The maximum absolute atomic E-state index is 11.7. The molecule has 0 saturated carbocycles. The Balaban J connectivity index is 2.02. The van der Waals surface area contributed by atoms with Crippen LogP contribution in [0.2, 0.25) is 0 Å². The standard InChI is InChI=1S/C15H12N2O5/c1-10(18)11-3-2-4-12(9-11)16-15(19)22-14-7-5-13(6-8-14)17(20)21/h2-9H,1H3,(H,16,19). The lowest BCUT2D eigenvalue weighted by molar-refractivity contribution is -0.384. The summed E-state index contributed by atoms with van der Waals surface area (Å²) in [6.45, 7) is 1.42. The molecule has 0 atom stereocenters. The largest absolute Gasteiger partial charge is 0.417 e. The molecule has 0 fully saturated rings. The first kappa shape index (κ1) is 15.2. The molecule has 0 aliphatic heterocycles. The van der Waals surface area contributed by atoms with E-state index in [1.54, 1.807) is 18.2 Å². The van der Waals surface area contributed by atoms with Gasteiger partial charge in [0.15, 0.2) is 5.78 Å². The van der Waals surface area contributed by atoms with Crippen molar-refractivity contribution in [3.8, 4) is 5.75 Å². The number of carbonyl (C=O) groups is 2. The fourth-order valence-electron chi connectivity index (χ4n) is 1.70. The molecule has 0 radical (unpaired) electrons. The Morgan fingerprint density at radius 3 is 2.41 bits per heavy atom. The first-order valence-electron chi connectivity index (χ1n) is 6.30. The van der Waals surface area contributed by atoms with Crippen LogP contribution >= 0.6 is 0 Å². The zero-order valence-electron chi connectivity index (χ0n) is 11.6. The van der Waals surface area contributed by atoms with E-state index in [1.807, 2.05) is 0 Å². The van der Waals surface area contributed by atoms with Crippen LogP contribution in [-0.2, 0) is 0 Å². The maximum atomic E-state index is 11.7. The molecule has 1 N–H and O–H groups in total. The van der Waals surface area contributed by atoms with E-state index in [0.29, 0.717) is 11.3 Å². The molecule has 2 aromatic rings. The van der Waals surface area contributed by atoms with Gasteiger partial charge < -0.3 is 4.74 Å². The fourth-order valence-corrected chi connectivity index (χ4v) is 1.70. The number of ketones is 1. The summed E-state index contributed by atoms with van der Waals surface area (Å²) in [5.41, 5.74) is 0.787. The van der Waals surface area contributed by atoms with Gasteiger partial charge in [-0.15, -0.1) is 0 Å². The Labute approximate surface area is 125 Å². The lowest BCUT2D eigenvalue weighted by Crippen LogP contribution is -2.16. The third-order valence-electron chi connectivity index (χ3n) is 2.77. The van der Waals surface area contributed by atoms with E-state index in [4.69, 9.17) is 4.74 Å². The number of benzene rings is 2. The third kappa shape index (κ3) is 3.89. The second kappa shape index (κ2) is 6.49. The van der Waals surface area contributed by atoms with Crippen LogP contribution in [0.15, 0.2) is 48.5 Å². The monoisotopic (exact) mass is 300 g/mol. The molecule has 2 aromatic carbocycles. The predicted molar refractivity (Wildman–Crippen MR) is 79.2 cm³/mol. The van der Waals surface area contributed by atoms with Crippen molar-refractivity contribution in [2.75, 3.05) is 5.32 Å². The van der Waals surface area contributed by atoms with Crippen molar-refractivity contribution < 1.29 is 19.2 Å². The number of nitrogens with zero attached hydrogens (tertiary/aromatic N) is 1. The minimum atomic E-state index is -0.755. The molecular formula is C15H12N2O5. The number of carbonyl (C=O) groups excluding carboxylic acids is 2. The van der Waals surface area contributed by atoms with Gasteiger partial charge in [0.25, 0.3) is 5.69 Å². The highest BCUT2D eigenvalue weighted by molar-refractivity contribution is 5.96. The molecule has 2 rings (SSSR count). The summed E-state index contributed by atoms with van der Waals surface area (Å²) in [5.74, 6) is 0.0539. The van der Waals surface area contributed by atoms with Gasteiger partial charge in [0.05, 0.1) is 4.92 Å². The number of hydrogen-bond donors (Lipinski definition) is 1. The number of amides is 1. The number of nitrogens with one attached hydrogen (secondary N) is 1. The molecule has 0 unspecified atom stereocenters. The van der Waals surface area contributed by atoms with Crippen molar-refractivity contribution in [1.29, 1.82) is 0 Å². The van der Waals surface area contributed by atoms with E-state index >= 15 is 0 Å². The second-order valence-corrected chi connectivity index (χ2v) is 4.40. The Bertz CT molecular complexity index is 725. The van der Waals surface area contributed by atoms with Crippen LogP contribution in [0.25, 0.3) is 0 Å². The van der Waals surface area contributed by atoms with Crippen molar-refractivity contribution in [1.82, 2.24) is 0 Å². The molecule has 1 amide bonds. The number of nitro groups is 1. The average Bonchev–Trinajstić information content (AvgIpc) is 2.47. The second-order valence-electron chi connectivity index (χ2n) is 4.40. The molecule has 7 heteroatoms. The highest BCUT2D eigenvalue weighted by Gasteiger charge is 2.09. The summed E-state index contributed by atoms with van der Waals surface area (Å²) in [6.07, 6.45) is -0.755. The molecule has 7 nitrogen and oxygen atoms in total. The van der Waals surface area contributed by atoms with Gasteiger partial charge in [-0.1, -0.05) is 12.1 Å². The minimum Gasteiger partial charge on any atom is -0.410 e. The van der Waals surface area contributed by atoms with E-state index in [0.717, 1.165) is 0 Å². The SMILES string of the molecule is CC(=O)c1cccc(NC(=O)Oc2ccc([N+](=O)[O-])cc2)c1. The molecule has 112 valence electrons. The van der Waals surface area contributed by atoms with Crippen LogP contribution in [0, 0.1) is 10.1 Å². The number of nitro benzene ring substituents is 1. The maximum Gasteiger partial charge on any atom is 0.417 e. The number of anilines is 1. The van der Waals surface area contributed by atoms with E-state index in [-0.39, 0.29) is 17.2 Å². The summed E-state index contributed by atoms with van der Waals surface area (Å²) in [5, 5.41) is 13.0. The Kier molecular flexibility index (Phi) is 4.47. The highest BCUT2D eigenvalue weighted by atomic mass is 16.6. The number of Topliss-reactive ketones (excluding diaryl/α,β-unsaturated/α-hetero) is 1. The van der Waals surface area contributed by atoms with Crippen molar-refractivity contribution >= 4 is 23.3 Å². The lowest BCUT2D eigenvalue weighted by atomic mass is 10.1. The van der Waals surface area contributed by atoms with E-state index in [2.05, 4.69) is 5.32 Å². The minimum absolute atomic E-state index is 0.0954. The van der Waals surface area contributed by atoms with Gasteiger partial charge in [-0.05, 0) is 31.2 Å². The summed E-state index contributed by atoms with van der Waals surface area (Å²) in [7, 11) is 0. The average molecular weight is 300 g/mol. The topological polar surface area (TPSA) is 98.5 Å². The van der Waals surface area contributed by atoms with Crippen molar-refractivity contribution in [2.45, 2.75) is 6.92 Å². The number of non-ortho nitro benzene ring substituents is 1. The molecule has 0 heterocycles. The van der Waals surface area contributed by atoms with Gasteiger partial charge in [-0.25, -0.2) is 4.79 Å². The smallest absolute Gasteiger partial charge is 0.410 e. The van der Waals surface area contributed by atoms with Gasteiger partial charge in [0, 0.05) is 23.4 Å². The number of hydrogen-bond acceptors (Lipinski definition) is 5. The summed E-state index contributed by atoms with van der Waals surface area (Å²) >= 11 is 0. The number of rotatable bonds is 4. The van der Waals surface area contributed by atoms with Crippen LogP contribution in [0.4, 0.5) is 16.2 Å². The summed E-state index contributed by atoms with van der Waals surface area (Å²) < 4.78 is 5.00. The van der Waals surface area contributed by atoms with E-state index < -0.39 is 11.0 Å². The first-order valence-corrected chi connectivity index (χ1v) is 6.30. The van der Waals surface area contributed by atoms with E-state index in [1.165, 1.54) is 37.3 Å². The van der Waals surface area contributed by atoms with Gasteiger partial charge in [-0.2, -0.15) is 0 Å². The molecule has 0 spiro atoms. The normalized spacial score (nSPS) is 9.86. The van der Waals surface area contributed by atoms with Gasteiger partial charge in [0.2, 0.25) is 0 Å². The Morgan fingerprint density at radius 1 is 1.14 bits per heavy atom. The quantitative estimate of drug-likeness (QED) is 0.530. The van der Waals surface area contributed by atoms with Crippen LogP contribution in [0.5, 0.6) is 5.75 Å². The van der Waals surface area contributed by atoms with Crippen molar-refractivity contribution in [3.05, 3.63) is 64.2 Å². The molecular weight excluding hydrogens is 288 g/mol. The van der Waals surface area contributed by atoms with Gasteiger partial charge in [0.1, 0.15) is 5.75 Å². The summed E-state index contributed by atoms with van der Waals surface area (Å²) in [6, 6.07) is 11.5. The molecule has 22 heavy (non-hydrogen) atoms. The lowest BCUT2D eigenvalue weighted by Gasteiger charge is -2.07. The van der Waals surface area contributed by atoms with E-state index in [9.17, 15) is 19.7 Å². The Hall–Kier alpha value is -3.22. The molecule has 0 aliphatic rings. The van der Waals surface area contributed by atoms with Crippen LogP contribution < -0.4 is 10.1 Å². The van der Waals surface area contributed by atoms with Crippen LogP contribution in [0.1, 0.15) is 17.3 Å². The zero-order chi connectivity index (χ0) is 16.1. The Morgan fingerprint density at radius 2 is 1.82 bits per heavy atom.